The standard InChI is InChI=1S/C14H12Cl2FNS/c15-9-3-1-5-11(14(9)17)18-10-4-2-6-12-8(10)7-13(16)19-12/h1,3,5,7,10,18H,2,4,6H2. The maximum Gasteiger partial charge on any atom is 0.164 e. The fraction of sp³-hybridized carbons (Fsp3) is 0.286. The van der Waals surface area contributed by atoms with Crippen LogP contribution in [0.2, 0.25) is 9.36 Å². The summed E-state index contributed by atoms with van der Waals surface area (Å²) in [7, 11) is 0. The number of hydrogen-bond acceptors (Lipinski definition) is 2. The Balaban J connectivity index is 1.90. The van der Waals surface area contributed by atoms with Crippen LogP contribution in [0.25, 0.3) is 0 Å². The Morgan fingerprint density at radius 2 is 2.16 bits per heavy atom. The predicted molar refractivity (Wildman–Crippen MR) is 80.0 cm³/mol. The fourth-order valence-electron chi connectivity index (χ4n) is 2.47. The Kier molecular flexibility index (Phi) is 3.70. The summed E-state index contributed by atoms with van der Waals surface area (Å²) in [5.74, 6) is -0.391. The van der Waals surface area contributed by atoms with E-state index in [9.17, 15) is 4.39 Å². The molecule has 0 bridgehead atoms. The van der Waals surface area contributed by atoms with Gasteiger partial charge in [-0.2, -0.15) is 0 Å². The molecule has 2 aromatic rings. The van der Waals surface area contributed by atoms with Crippen LogP contribution in [0.1, 0.15) is 29.3 Å². The number of fused-ring (bicyclic) bond motifs is 1. The van der Waals surface area contributed by atoms with Crippen LogP contribution in [0.5, 0.6) is 0 Å². The van der Waals surface area contributed by atoms with Crippen LogP contribution >= 0.6 is 34.5 Å². The number of hydrogen-bond donors (Lipinski definition) is 1. The molecule has 100 valence electrons. The quantitative estimate of drug-likeness (QED) is 0.751. The molecule has 0 spiro atoms. The number of benzene rings is 1. The van der Waals surface area contributed by atoms with Gasteiger partial charge < -0.3 is 5.32 Å². The predicted octanol–water partition coefficient (Wildman–Crippen LogP) is 5.68. The van der Waals surface area contributed by atoms with Crippen LogP contribution < -0.4 is 5.32 Å². The molecule has 3 rings (SSSR count). The highest BCUT2D eigenvalue weighted by atomic mass is 35.5. The third kappa shape index (κ3) is 2.60. The molecule has 1 N–H and O–H groups in total. The average Bonchev–Trinajstić information content (AvgIpc) is 2.76. The van der Waals surface area contributed by atoms with E-state index in [1.807, 2.05) is 6.07 Å². The number of aryl methyl sites for hydroxylation is 1. The van der Waals surface area contributed by atoms with Gasteiger partial charge in [0.1, 0.15) is 0 Å². The van der Waals surface area contributed by atoms with Gasteiger partial charge in [0.25, 0.3) is 0 Å². The lowest BCUT2D eigenvalue weighted by Crippen LogP contribution is -2.16. The monoisotopic (exact) mass is 315 g/mol. The summed E-state index contributed by atoms with van der Waals surface area (Å²) in [5, 5.41) is 3.39. The molecule has 1 nitrogen and oxygen atoms in total. The zero-order valence-corrected chi connectivity index (χ0v) is 12.4. The first-order valence-electron chi connectivity index (χ1n) is 6.14. The van der Waals surface area contributed by atoms with Crippen molar-refractivity contribution in [1.29, 1.82) is 0 Å². The van der Waals surface area contributed by atoms with Gasteiger partial charge in [0.2, 0.25) is 0 Å². The molecule has 19 heavy (non-hydrogen) atoms. The number of nitrogens with one attached hydrogen (secondary N) is 1. The topological polar surface area (TPSA) is 12.0 Å². The third-order valence-corrected chi connectivity index (χ3v) is 5.00. The normalized spacial score (nSPS) is 18.2. The molecule has 0 fully saturated rings. The number of thiophene rings is 1. The van der Waals surface area contributed by atoms with Crippen LogP contribution in [0.15, 0.2) is 24.3 Å². The number of rotatable bonds is 2. The zero-order valence-electron chi connectivity index (χ0n) is 10.1. The molecule has 1 atom stereocenters. The van der Waals surface area contributed by atoms with E-state index in [4.69, 9.17) is 23.2 Å². The first kappa shape index (κ1) is 13.2. The second kappa shape index (κ2) is 5.31. The van der Waals surface area contributed by atoms with Gasteiger partial charge >= 0.3 is 0 Å². The highest BCUT2D eigenvalue weighted by Crippen LogP contribution is 2.40. The van der Waals surface area contributed by atoms with E-state index >= 15 is 0 Å². The van der Waals surface area contributed by atoms with Crippen molar-refractivity contribution in [3.63, 3.8) is 0 Å². The van der Waals surface area contributed by atoms with E-state index < -0.39 is 5.82 Å². The lowest BCUT2D eigenvalue weighted by molar-refractivity contribution is 0.592. The summed E-state index contributed by atoms with van der Waals surface area (Å²) in [5.41, 5.74) is 1.65. The van der Waals surface area contributed by atoms with E-state index in [0.29, 0.717) is 5.69 Å². The lowest BCUT2D eigenvalue weighted by Gasteiger charge is -2.25. The van der Waals surface area contributed by atoms with Crippen molar-refractivity contribution in [2.75, 3.05) is 5.32 Å². The third-order valence-electron chi connectivity index (χ3n) is 3.37. The molecule has 1 aliphatic rings. The largest absolute Gasteiger partial charge is 0.376 e. The summed E-state index contributed by atoms with van der Waals surface area (Å²) in [6.45, 7) is 0. The molecule has 0 radical (unpaired) electrons. The Morgan fingerprint density at radius 3 is 3.00 bits per heavy atom. The molecule has 1 aromatic heterocycles. The van der Waals surface area contributed by atoms with Crippen molar-refractivity contribution in [2.45, 2.75) is 25.3 Å². The minimum absolute atomic E-state index is 0.112. The molecule has 0 amide bonds. The molecule has 1 unspecified atom stereocenters. The minimum atomic E-state index is -0.391. The Morgan fingerprint density at radius 1 is 1.32 bits per heavy atom. The van der Waals surface area contributed by atoms with Gasteiger partial charge in [0, 0.05) is 4.88 Å². The fourth-order valence-corrected chi connectivity index (χ4v) is 4.03. The maximum atomic E-state index is 13.9. The molecule has 5 heteroatoms. The van der Waals surface area contributed by atoms with Crippen LogP contribution in [-0.4, -0.2) is 0 Å². The van der Waals surface area contributed by atoms with E-state index in [1.165, 1.54) is 10.4 Å². The van der Waals surface area contributed by atoms with E-state index in [0.717, 1.165) is 23.6 Å². The first-order chi connectivity index (χ1) is 9.15. The van der Waals surface area contributed by atoms with Gasteiger partial charge in [-0.25, -0.2) is 4.39 Å². The van der Waals surface area contributed by atoms with Crippen LogP contribution in [-0.2, 0) is 6.42 Å². The molecular weight excluding hydrogens is 304 g/mol. The second-order valence-electron chi connectivity index (χ2n) is 4.62. The van der Waals surface area contributed by atoms with E-state index in [1.54, 1.807) is 29.5 Å². The van der Waals surface area contributed by atoms with Gasteiger partial charge in [-0.05, 0) is 43.0 Å². The first-order valence-corrected chi connectivity index (χ1v) is 7.71. The van der Waals surface area contributed by atoms with Crippen molar-refractivity contribution in [3.05, 3.63) is 49.9 Å². The molecule has 0 saturated heterocycles. The molecule has 0 saturated carbocycles. The van der Waals surface area contributed by atoms with Crippen LogP contribution in [0.3, 0.4) is 0 Å². The second-order valence-corrected chi connectivity index (χ2v) is 6.79. The highest BCUT2D eigenvalue weighted by molar-refractivity contribution is 7.16. The van der Waals surface area contributed by atoms with Gasteiger partial charge in [-0.3, -0.25) is 0 Å². The highest BCUT2D eigenvalue weighted by Gasteiger charge is 2.23. The Hall–Kier alpha value is -0.770. The summed E-state index contributed by atoms with van der Waals surface area (Å²) < 4.78 is 14.7. The molecule has 1 aliphatic carbocycles. The van der Waals surface area contributed by atoms with Crippen molar-refractivity contribution in [1.82, 2.24) is 0 Å². The van der Waals surface area contributed by atoms with Crippen molar-refractivity contribution in [3.8, 4) is 0 Å². The summed E-state index contributed by atoms with van der Waals surface area (Å²) in [6, 6.07) is 7.11. The number of anilines is 1. The molecule has 1 aromatic carbocycles. The van der Waals surface area contributed by atoms with E-state index in [2.05, 4.69) is 5.32 Å². The van der Waals surface area contributed by atoms with Gasteiger partial charge in [0.15, 0.2) is 5.82 Å². The Bertz CT molecular complexity index is 611. The van der Waals surface area contributed by atoms with Crippen molar-refractivity contribution in [2.24, 2.45) is 0 Å². The van der Waals surface area contributed by atoms with Crippen LogP contribution in [0, 0.1) is 5.82 Å². The van der Waals surface area contributed by atoms with Gasteiger partial charge in [-0.15, -0.1) is 11.3 Å². The van der Waals surface area contributed by atoms with Crippen molar-refractivity contribution >= 4 is 40.2 Å². The minimum Gasteiger partial charge on any atom is -0.376 e. The average molecular weight is 316 g/mol. The molecule has 0 aliphatic heterocycles. The van der Waals surface area contributed by atoms with E-state index in [-0.39, 0.29) is 11.1 Å². The van der Waals surface area contributed by atoms with Gasteiger partial charge in [-0.1, -0.05) is 29.3 Å². The lowest BCUT2D eigenvalue weighted by atomic mass is 9.94. The summed E-state index contributed by atoms with van der Waals surface area (Å²) in [6.07, 6.45) is 3.12. The smallest absolute Gasteiger partial charge is 0.164 e. The maximum absolute atomic E-state index is 13.9. The molecule has 1 heterocycles. The van der Waals surface area contributed by atoms with Gasteiger partial charge in [0.05, 0.1) is 21.1 Å². The summed E-state index contributed by atoms with van der Waals surface area (Å²) in [4.78, 5) is 1.30. The SMILES string of the molecule is Fc1c(Cl)cccc1NC1CCCc2sc(Cl)cc21. The number of halogens is 3. The zero-order chi connectivity index (χ0) is 13.4. The Labute approximate surface area is 125 Å². The molecular formula is C14H12Cl2FNS. The summed E-state index contributed by atoms with van der Waals surface area (Å²) >= 11 is 13.5. The van der Waals surface area contributed by atoms with Crippen molar-refractivity contribution < 1.29 is 4.39 Å². The van der Waals surface area contributed by atoms with Crippen LogP contribution in [0.4, 0.5) is 10.1 Å².